The molecule has 2 aromatic heterocycles. The minimum absolute atomic E-state index is 0.147. The van der Waals surface area contributed by atoms with E-state index in [-0.39, 0.29) is 18.0 Å². The predicted octanol–water partition coefficient (Wildman–Crippen LogP) is 4.41. The van der Waals surface area contributed by atoms with Gasteiger partial charge in [0.05, 0.1) is 29.6 Å². The molecule has 0 spiro atoms. The number of fused-ring (bicyclic) bond motifs is 1. The Morgan fingerprint density at radius 3 is 3.00 bits per heavy atom. The van der Waals surface area contributed by atoms with E-state index in [9.17, 15) is 4.39 Å². The molecule has 0 aliphatic heterocycles. The Bertz CT molecular complexity index is 1050. The minimum atomic E-state index is -0.301. The fourth-order valence-electron chi connectivity index (χ4n) is 3.97. The van der Waals surface area contributed by atoms with Crippen LogP contribution >= 0.6 is 0 Å². The standard InChI is InChI=1S/C21H23FN6O/c1-29-15-6-4-5-14(11-15)28-19-12-20(27-25-10-9-23)24-13-18(19)26-21(28)16-7-2-3-8-17(16)22/h2-3,7-10,12-15,23H,4-6,11H2,1H3,(H,24,27)/b23-9?,25-10-/t14-,15-/m1/s1. The molecule has 2 heterocycles. The van der Waals surface area contributed by atoms with Crippen molar-refractivity contribution in [2.45, 2.75) is 37.8 Å². The van der Waals surface area contributed by atoms with Crippen LogP contribution in [0.5, 0.6) is 0 Å². The van der Waals surface area contributed by atoms with Gasteiger partial charge in [-0.25, -0.2) is 14.4 Å². The molecule has 3 aromatic rings. The summed E-state index contributed by atoms with van der Waals surface area (Å²) in [7, 11) is 1.74. The summed E-state index contributed by atoms with van der Waals surface area (Å²) in [5, 5.41) is 11.0. The van der Waals surface area contributed by atoms with Crippen molar-refractivity contribution >= 4 is 29.3 Å². The van der Waals surface area contributed by atoms with E-state index in [1.54, 1.807) is 25.4 Å². The molecule has 150 valence electrons. The van der Waals surface area contributed by atoms with Gasteiger partial charge >= 0.3 is 0 Å². The van der Waals surface area contributed by atoms with E-state index in [1.165, 1.54) is 12.3 Å². The number of halogens is 1. The molecule has 2 N–H and O–H groups in total. The van der Waals surface area contributed by atoms with Crippen LogP contribution in [0.4, 0.5) is 10.2 Å². The molecule has 1 aromatic carbocycles. The normalized spacial score (nSPS) is 19.7. The van der Waals surface area contributed by atoms with Crippen molar-refractivity contribution in [1.82, 2.24) is 14.5 Å². The van der Waals surface area contributed by atoms with E-state index < -0.39 is 0 Å². The highest BCUT2D eigenvalue weighted by molar-refractivity contribution is 6.14. The van der Waals surface area contributed by atoms with Gasteiger partial charge in [0.25, 0.3) is 0 Å². The third kappa shape index (κ3) is 3.88. The first-order valence-electron chi connectivity index (χ1n) is 9.65. The number of nitrogens with zero attached hydrogens (tertiary/aromatic N) is 4. The molecule has 0 unspecified atom stereocenters. The van der Waals surface area contributed by atoms with Gasteiger partial charge in [0.1, 0.15) is 23.0 Å². The highest BCUT2D eigenvalue weighted by Crippen LogP contribution is 2.37. The van der Waals surface area contributed by atoms with Crippen molar-refractivity contribution in [2.75, 3.05) is 12.5 Å². The van der Waals surface area contributed by atoms with Gasteiger partial charge in [-0.15, -0.1) is 0 Å². The maximum atomic E-state index is 14.6. The summed E-state index contributed by atoms with van der Waals surface area (Å²) < 4.78 is 22.4. The van der Waals surface area contributed by atoms with E-state index in [1.807, 2.05) is 12.1 Å². The van der Waals surface area contributed by atoms with Crippen LogP contribution in [0.2, 0.25) is 0 Å². The number of hydrogen-bond donors (Lipinski definition) is 2. The third-order valence-corrected chi connectivity index (χ3v) is 5.32. The van der Waals surface area contributed by atoms with E-state index in [0.717, 1.165) is 37.4 Å². The zero-order chi connectivity index (χ0) is 20.2. The lowest BCUT2D eigenvalue weighted by Crippen LogP contribution is -2.24. The van der Waals surface area contributed by atoms with Crippen LogP contribution in [-0.2, 0) is 4.74 Å². The van der Waals surface area contributed by atoms with Crippen molar-refractivity contribution in [3.05, 3.63) is 42.3 Å². The lowest BCUT2D eigenvalue weighted by atomic mass is 9.92. The molecule has 0 amide bonds. The van der Waals surface area contributed by atoms with Crippen LogP contribution in [0.25, 0.3) is 22.4 Å². The van der Waals surface area contributed by atoms with Gasteiger partial charge < -0.3 is 14.7 Å². The van der Waals surface area contributed by atoms with Gasteiger partial charge in [-0.1, -0.05) is 12.1 Å². The Morgan fingerprint density at radius 1 is 1.34 bits per heavy atom. The average molecular weight is 394 g/mol. The maximum Gasteiger partial charge on any atom is 0.148 e. The lowest BCUT2D eigenvalue weighted by Gasteiger charge is -2.30. The Hall–Kier alpha value is -3.13. The summed E-state index contributed by atoms with van der Waals surface area (Å²) in [6.07, 6.45) is 8.15. The molecule has 29 heavy (non-hydrogen) atoms. The first-order chi connectivity index (χ1) is 14.2. The fraction of sp³-hybridized carbons (Fsp3) is 0.333. The van der Waals surface area contributed by atoms with E-state index in [0.29, 0.717) is 22.7 Å². The quantitative estimate of drug-likeness (QED) is 0.479. The minimum Gasteiger partial charge on any atom is -0.381 e. The Balaban J connectivity index is 1.86. The Kier molecular flexibility index (Phi) is 5.62. The van der Waals surface area contributed by atoms with Crippen molar-refractivity contribution in [3.63, 3.8) is 0 Å². The zero-order valence-corrected chi connectivity index (χ0v) is 16.2. The van der Waals surface area contributed by atoms with Gasteiger partial charge in [-0.05, 0) is 37.8 Å². The maximum absolute atomic E-state index is 14.6. The number of imidazole rings is 1. The van der Waals surface area contributed by atoms with Gasteiger partial charge in [0, 0.05) is 25.4 Å². The Morgan fingerprint density at radius 2 is 2.21 bits per heavy atom. The molecule has 0 radical (unpaired) electrons. The van der Waals surface area contributed by atoms with Crippen molar-refractivity contribution in [2.24, 2.45) is 5.10 Å². The highest BCUT2D eigenvalue weighted by Gasteiger charge is 2.28. The summed E-state index contributed by atoms with van der Waals surface area (Å²) in [6, 6.07) is 8.72. The zero-order valence-electron chi connectivity index (χ0n) is 16.2. The Labute approximate surface area is 168 Å². The number of methoxy groups -OCH3 is 1. The first-order valence-corrected chi connectivity index (χ1v) is 9.65. The number of ether oxygens (including phenoxy) is 1. The summed E-state index contributed by atoms with van der Waals surface area (Å²) in [5.41, 5.74) is 4.85. The second-order valence-electron chi connectivity index (χ2n) is 7.08. The molecule has 1 aliphatic rings. The molecule has 1 aliphatic carbocycles. The van der Waals surface area contributed by atoms with Gasteiger partial charge in [-0.2, -0.15) is 5.10 Å². The predicted molar refractivity (Wildman–Crippen MR) is 112 cm³/mol. The summed E-state index contributed by atoms with van der Waals surface area (Å²) in [5.74, 6) is 0.836. The van der Waals surface area contributed by atoms with Crippen LogP contribution in [0.15, 0.2) is 41.6 Å². The van der Waals surface area contributed by atoms with Crippen molar-refractivity contribution in [3.8, 4) is 11.4 Å². The van der Waals surface area contributed by atoms with Crippen LogP contribution in [-0.4, -0.2) is 40.2 Å². The van der Waals surface area contributed by atoms with Crippen LogP contribution in [0.1, 0.15) is 31.7 Å². The number of anilines is 1. The fourth-order valence-corrected chi connectivity index (χ4v) is 3.97. The van der Waals surface area contributed by atoms with Gasteiger partial charge in [0.2, 0.25) is 0 Å². The second-order valence-corrected chi connectivity index (χ2v) is 7.08. The number of nitrogens with one attached hydrogen (secondary N) is 2. The number of rotatable bonds is 6. The second kappa shape index (κ2) is 8.48. The molecule has 1 fully saturated rings. The summed E-state index contributed by atoms with van der Waals surface area (Å²) >= 11 is 0. The van der Waals surface area contributed by atoms with Crippen molar-refractivity contribution < 1.29 is 9.13 Å². The van der Waals surface area contributed by atoms with Gasteiger partial charge in [0.15, 0.2) is 0 Å². The van der Waals surface area contributed by atoms with E-state index in [2.05, 4.69) is 20.1 Å². The molecule has 0 bridgehead atoms. The number of hydrazone groups is 1. The summed E-state index contributed by atoms with van der Waals surface area (Å²) in [6.45, 7) is 0. The number of benzene rings is 1. The molecule has 2 atom stereocenters. The molecule has 8 heteroatoms. The molecule has 4 rings (SSSR count). The van der Waals surface area contributed by atoms with Crippen LogP contribution in [0.3, 0.4) is 0 Å². The molecule has 0 saturated heterocycles. The molecule has 1 saturated carbocycles. The SMILES string of the molecule is CO[C@@H]1CCC[C@@H](n2c(-c3ccccc3F)nc3cnc(N/N=C\C=N)cc32)C1. The average Bonchev–Trinajstić information content (AvgIpc) is 3.13. The largest absolute Gasteiger partial charge is 0.381 e. The van der Waals surface area contributed by atoms with Crippen LogP contribution < -0.4 is 5.43 Å². The summed E-state index contributed by atoms with van der Waals surface area (Å²) in [4.78, 5) is 9.06. The van der Waals surface area contributed by atoms with E-state index in [4.69, 9.17) is 15.1 Å². The first kappa shape index (κ1) is 19.2. The molecular formula is C21H23FN6O. The topological polar surface area (TPSA) is 88.2 Å². The highest BCUT2D eigenvalue weighted by atomic mass is 19.1. The number of hydrogen-bond acceptors (Lipinski definition) is 6. The number of pyridine rings is 1. The van der Waals surface area contributed by atoms with E-state index >= 15 is 0 Å². The monoisotopic (exact) mass is 394 g/mol. The van der Waals surface area contributed by atoms with Crippen molar-refractivity contribution in [1.29, 1.82) is 5.41 Å². The van der Waals surface area contributed by atoms with Gasteiger partial charge in [-0.3, -0.25) is 5.43 Å². The number of aromatic nitrogens is 3. The smallest absolute Gasteiger partial charge is 0.148 e. The molecule has 7 nitrogen and oxygen atoms in total. The lowest BCUT2D eigenvalue weighted by molar-refractivity contribution is 0.0540. The third-order valence-electron chi connectivity index (χ3n) is 5.32. The van der Waals surface area contributed by atoms with Crippen LogP contribution in [0, 0.1) is 11.2 Å². The molecular weight excluding hydrogens is 371 g/mol.